The number of nitrogens with one attached hydrogen (secondary N) is 3. The Morgan fingerprint density at radius 2 is 1.33 bits per heavy atom. The summed E-state index contributed by atoms with van der Waals surface area (Å²) in [7, 11) is 1.42. The zero-order valence-electron chi connectivity index (χ0n) is 19.6. The fourth-order valence-electron chi connectivity index (χ4n) is 4.01. The number of aliphatic hydroxyl groups excluding tert-OH is 1. The number of halogens is 2. The molecule has 0 spiro atoms. The van der Waals surface area contributed by atoms with Crippen molar-refractivity contribution in [2.75, 3.05) is 7.05 Å². The first-order chi connectivity index (χ1) is 17.3. The van der Waals surface area contributed by atoms with E-state index >= 15 is 0 Å². The van der Waals surface area contributed by atoms with E-state index in [1.165, 1.54) is 31.3 Å². The van der Waals surface area contributed by atoms with Gasteiger partial charge in [-0.3, -0.25) is 9.59 Å². The van der Waals surface area contributed by atoms with Gasteiger partial charge in [0.2, 0.25) is 5.66 Å². The Hall–Kier alpha value is -4.24. The van der Waals surface area contributed by atoms with E-state index in [0.29, 0.717) is 24.2 Å². The molecule has 36 heavy (non-hydrogen) atoms. The van der Waals surface area contributed by atoms with Gasteiger partial charge in [0.1, 0.15) is 11.6 Å². The number of aliphatic hydroxyl groups is 1. The molecule has 4 N–H and O–H groups in total. The van der Waals surface area contributed by atoms with Crippen molar-refractivity contribution in [2.24, 2.45) is 0 Å². The standard InChI is InChI=1S/C27H26F2N4O3/c1-33-25(35)24(34)17-32-27(33,26(36)31-16-20-6-12-23(29)13-7-20)21-8-2-18(3-9-21)14-30-15-19-4-10-22(28)11-5-19/h2-13,17,30,32,34H,14-16H2,1H3,(H,31,36). The maximum absolute atomic E-state index is 13.5. The maximum atomic E-state index is 13.5. The molecule has 0 bridgehead atoms. The minimum atomic E-state index is -1.61. The van der Waals surface area contributed by atoms with Crippen molar-refractivity contribution < 1.29 is 23.5 Å². The van der Waals surface area contributed by atoms with Crippen LogP contribution in [-0.2, 0) is 34.9 Å². The van der Waals surface area contributed by atoms with Gasteiger partial charge in [-0.15, -0.1) is 0 Å². The van der Waals surface area contributed by atoms with Gasteiger partial charge in [0.25, 0.3) is 11.8 Å². The number of benzene rings is 3. The average Bonchev–Trinajstić information content (AvgIpc) is 2.89. The van der Waals surface area contributed by atoms with E-state index in [-0.39, 0.29) is 18.2 Å². The highest BCUT2D eigenvalue weighted by Gasteiger charge is 2.49. The number of hydrogen-bond acceptors (Lipinski definition) is 5. The summed E-state index contributed by atoms with van der Waals surface area (Å²) in [4.78, 5) is 27.2. The molecular formula is C27H26F2N4O3. The highest BCUT2D eigenvalue weighted by Crippen LogP contribution is 2.30. The average molecular weight is 493 g/mol. The monoisotopic (exact) mass is 492 g/mol. The summed E-state index contributed by atoms with van der Waals surface area (Å²) >= 11 is 0. The van der Waals surface area contributed by atoms with Crippen LogP contribution in [0.4, 0.5) is 8.78 Å². The van der Waals surface area contributed by atoms with Gasteiger partial charge in [-0.05, 0) is 41.0 Å². The Bertz CT molecular complexity index is 1260. The van der Waals surface area contributed by atoms with Gasteiger partial charge >= 0.3 is 0 Å². The molecule has 0 saturated carbocycles. The Labute approximate surface area is 207 Å². The van der Waals surface area contributed by atoms with Crippen molar-refractivity contribution in [3.8, 4) is 0 Å². The number of nitrogens with zero attached hydrogens (tertiary/aromatic N) is 1. The largest absolute Gasteiger partial charge is 0.502 e. The highest BCUT2D eigenvalue weighted by molar-refractivity contribution is 5.99. The fourth-order valence-corrected chi connectivity index (χ4v) is 4.01. The number of hydrogen-bond donors (Lipinski definition) is 4. The number of carbonyl (C=O) groups is 2. The number of rotatable bonds is 8. The van der Waals surface area contributed by atoms with Gasteiger partial charge in [0, 0.05) is 38.4 Å². The van der Waals surface area contributed by atoms with Gasteiger partial charge < -0.3 is 26.0 Å². The van der Waals surface area contributed by atoms with E-state index in [4.69, 9.17) is 0 Å². The molecule has 7 nitrogen and oxygen atoms in total. The summed E-state index contributed by atoms with van der Waals surface area (Å²) < 4.78 is 26.3. The van der Waals surface area contributed by atoms with Crippen LogP contribution in [0.1, 0.15) is 22.3 Å². The smallest absolute Gasteiger partial charge is 0.292 e. The predicted octanol–water partition coefficient (Wildman–Crippen LogP) is 3.18. The summed E-state index contributed by atoms with van der Waals surface area (Å²) in [6.45, 7) is 1.20. The molecule has 1 atom stereocenters. The van der Waals surface area contributed by atoms with Crippen LogP contribution in [0.5, 0.6) is 0 Å². The second-order valence-electron chi connectivity index (χ2n) is 8.48. The topological polar surface area (TPSA) is 93.7 Å². The first-order valence-corrected chi connectivity index (χ1v) is 11.3. The fraction of sp³-hybridized carbons (Fsp3) is 0.185. The Morgan fingerprint density at radius 1 is 0.861 bits per heavy atom. The second kappa shape index (κ2) is 10.6. The lowest BCUT2D eigenvalue weighted by Gasteiger charge is -2.43. The number of carbonyl (C=O) groups excluding carboxylic acids is 2. The van der Waals surface area contributed by atoms with Crippen molar-refractivity contribution in [3.05, 3.63) is 119 Å². The molecule has 2 amide bonds. The van der Waals surface area contributed by atoms with Gasteiger partial charge in [-0.1, -0.05) is 48.5 Å². The van der Waals surface area contributed by atoms with E-state index in [0.717, 1.165) is 22.2 Å². The van der Waals surface area contributed by atoms with E-state index in [2.05, 4.69) is 16.0 Å². The molecule has 0 saturated heterocycles. The molecule has 0 aromatic heterocycles. The molecule has 0 radical (unpaired) electrons. The van der Waals surface area contributed by atoms with Crippen LogP contribution in [0.2, 0.25) is 0 Å². The van der Waals surface area contributed by atoms with Crippen molar-refractivity contribution in [1.29, 1.82) is 0 Å². The zero-order chi connectivity index (χ0) is 25.7. The zero-order valence-corrected chi connectivity index (χ0v) is 19.6. The molecular weight excluding hydrogens is 466 g/mol. The molecule has 1 aliphatic rings. The molecule has 186 valence electrons. The molecule has 3 aromatic rings. The molecule has 1 aliphatic heterocycles. The summed E-state index contributed by atoms with van der Waals surface area (Å²) in [6.07, 6.45) is 1.11. The first kappa shape index (κ1) is 24.9. The second-order valence-corrected chi connectivity index (χ2v) is 8.48. The summed E-state index contributed by atoms with van der Waals surface area (Å²) in [5.41, 5.74) is 1.45. The molecule has 4 rings (SSSR count). The Morgan fingerprint density at radius 3 is 1.86 bits per heavy atom. The van der Waals surface area contributed by atoms with E-state index < -0.39 is 23.2 Å². The number of amides is 2. The van der Waals surface area contributed by atoms with Crippen LogP contribution in [-0.4, -0.2) is 28.9 Å². The van der Waals surface area contributed by atoms with Gasteiger partial charge in [0.15, 0.2) is 5.76 Å². The quantitative estimate of drug-likeness (QED) is 0.388. The summed E-state index contributed by atoms with van der Waals surface area (Å²) in [6, 6.07) is 19.1. The van der Waals surface area contributed by atoms with Crippen LogP contribution in [0.15, 0.2) is 84.8 Å². The predicted molar refractivity (Wildman–Crippen MR) is 130 cm³/mol. The molecule has 1 unspecified atom stereocenters. The molecule has 0 fully saturated rings. The lowest BCUT2D eigenvalue weighted by Crippen LogP contribution is -2.65. The molecule has 9 heteroatoms. The molecule has 0 aliphatic carbocycles. The van der Waals surface area contributed by atoms with Crippen molar-refractivity contribution in [1.82, 2.24) is 20.9 Å². The Balaban J connectivity index is 1.51. The summed E-state index contributed by atoms with van der Waals surface area (Å²) in [5.74, 6) is -2.41. The normalized spacial score (nSPS) is 17.4. The van der Waals surface area contributed by atoms with Crippen molar-refractivity contribution in [3.63, 3.8) is 0 Å². The van der Waals surface area contributed by atoms with Crippen LogP contribution in [0, 0.1) is 11.6 Å². The van der Waals surface area contributed by atoms with Crippen molar-refractivity contribution >= 4 is 11.8 Å². The third kappa shape index (κ3) is 5.21. The van der Waals surface area contributed by atoms with Crippen LogP contribution >= 0.6 is 0 Å². The maximum Gasteiger partial charge on any atom is 0.292 e. The van der Waals surface area contributed by atoms with E-state index in [1.54, 1.807) is 36.4 Å². The van der Waals surface area contributed by atoms with Crippen LogP contribution in [0.3, 0.4) is 0 Å². The Kier molecular flexibility index (Phi) is 7.30. The third-order valence-electron chi connectivity index (χ3n) is 6.08. The third-order valence-corrected chi connectivity index (χ3v) is 6.08. The molecule has 3 aromatic carbocycles. The van der Waals surface area contributed by atoms with E-state index in [9.17, 15) is 23.5 Å². The lowest BCUT2D eigenvalue weighted by atomic mass is 9.93. The SMILES string of the molecule is CN1C(=O)C(O)=CNC1(C(=O)NCc1ccc(F)cc1)c1ccc(CNCc2ccc(F)cc2)cc1. The number of likely N-dealkylation sites (N-methyl/N-ethyl adjacent to an activating group) is 1. The summed E-state index contributed by atoms with van der Waals surface area (Å²) in [5, 5.41) is 18.9. The lowest BCUT2D eigenvalue weighted by molar-refractivity contribution is -0.149. The first-order valence-electron chi connectivity index (χ1n) is 11.3. The van der Waals surface area contributed by atoms with Crippen LogP contribution < -0.4 is 16.0 Å². The van der Waals surface area contributed by atoms with Crippen LogP contribution in [0.25, 0.3) is 0 Å². The minimum absolute atomic E-state index is 0.117. The van der Waals surface area contributed by atoms with E-state index in [1.807, 2.05) is 12.1 Å². The van der Waals surface area contributed by atoms with Gasteiger partial charge in [-0.2, -0.15) is 0 Å². The van der Waals surface area contributed by atoms with Crippen molar-refractivity contribution in [2.45, 2.75) is 25.3 Å². The molecule has 1 heterocycles. The highest BCUT2D eigenvalue weighted by atomic mass is 19.1. The van der Waals surface area contributed by atoms with Gasteiger partial charge in [0.05, 0.1) is 0 Å². The van der Waals surface area contributed by atoms with Gasteiger partial charge in [-0.25, -0.2) is 8.78 Å². The minimum Gasteiger partial charge on any atom is -0.502 e.